The highest BCUT2D eigenvalue weighted by molar-refractivity contribution is 5.79. The summed E-state index contributed by atoms with van der Waals surface area (Å²) in [7, 11) is 0. The molecule has 0 rings (SSSR count). The maximum Gasteiger partial charge on any atom is 0.317 e. The number of hydrogen-bond donors (Lipinski definition) is 5. The van der Waals surface area contributed by atoms with Gasteiger partial charge in [-0.2, -0.15) is 0 Å². The maximum absolute atomic E-state index is 12.4. The molecule has 0 unspecified atom stereocenters. The van der Waals surface area contributed by atoms with Crippen LogP contribution >= 0.6 is 0 Å². The minimum Gasteiger partial charge on any atom is -0.480 e. The standard InChI is InChI=1S/C28H52N4O9/c1-2-3-4-5-6-7-8-9-10-11-12-13-14-29-24(33)19-31(21-26(36)37)17-15-30(20-25(34)35)16-18-32(22-27(38)39)23-28(40)41/h2-23H2,1H3,(H,29,33)(H,34,35)(H,36,37)(H,38,39)(H,40,41). The van der Waals surface area contributed by atoms with Gasteiger partial charge in [0.2, 0.25) is 5.91 Å². The lowest BCUT2D eigenvalue weighted by atomic mass is 10.1. The molecule has 0 spiro atoms. The first-order valence-electron chi connectivity index (χ1n) is 14.8. The third-order valence-corrected chi connectivity index (χ3v) is 6.62. The fourth-order valence-corrected chi connectivity index (χ4v) is 4.48. The lowest BCUT2D eigenvalue weighted by Gasteiger charge is -2.27. The Morgan fingerprint density at radius 3 is 1.17 bits per heavy atom. The highest BCUT2D eigenvalue weighted by Crippen LogP contribution is 2.11. The van der Waals surface area contributed by atoms with Gasteiger partial charge in [0.15, 0.2) is 0 Å². The third-order valence-electron chi connectivity index (χ3n) is 6.62. The fourth-order valence-electron chi connectivity index (χ4n) is 4.48. The van der Waals surface area contributed by atoms with Gasteiger partial charge in [-0.3, -0.25) is 38.7 Å². The van der Waals surface area contributed by atoms with Gasteiger partial charge in [-0.15, -0.1) is 0 Å². The molecule has 0 aliphatic rings. The molecule has 13 nitrogen and oxygen atoms in total. The predicted octanol–water partition coefficient (Wildman–Crippen LogP) is 2.05. The first kappa shape index (κ1) is 38.2. The van der Waals surface area contributed by atoms with E-state index in [1.165, 1.54) is 67.6 Å². The van der Waals surface area contributed by atoms with Crippen LogP contribution in [0.1, 0.15) is 84.0 Å². The van der Waals surface area contributed by atoms with Crippen LogP contribution in [0.15, 0.2) is 0 Å². The van der Waals surface area contributed by atoms with Gasteiger partial charge in [0, 0.05) is 32.7 Å². The van der Waals surface area contributed by atoms with Crippen molar-refractivity contribution >= 4 is 29.8 Å². The number of amides is 1. The molecule has 0 aliphatic heterocycles. The first-order valence-corrected chi connectivity index (χ1v) is 14.8. The summed E-state index contributed by atoms with van der Waals surface area (Å²) >= 11 is 0. The fraction of sp³-hybridized carbons (Fsp3) is 0.821. The number of nitrogens with zero attached hydrogens (tertiary/aromatic N) is 3. The minimum atomic E-state index is -1.21. The Bertz CT molecular complexity index is 751. The Morgan fingerprint density at radius 1 is 0.463 bits per heavy atom. The summed E-state index contributed by atoms with van der Waals surface area (Å²) in [5.41, 5.74) is 0. The number of aliphatic carboxylic acids is 4. The Morgan fingerprint density at radius 2 is 0.780 bits per heavy atom. The normalized spacial score (nSPS) is 11.3. The van der Waals surface area contributed by atoms with Crippen LogP contribution in [0.5, 0.6) is 0 Å². The Balaban J connectivity index is 4.44. The molecule has 0 radical (unpaired) electrons. The average molecular weight is 589 g/mol. The molecule has 0 saturated carbocycles. The molecule has 0 aromatic carbocycles. The molecule has 5 N–H and O–H groups in total. The van der Waals surface area contributed by atoms with Gasteiger partial charge < -0.3 is 25.7 Å². The molecular weight excluding hydrogens is 536 g/mol. The van der Waals surface area contributed by atoms with Crippen molar-refractivity contribution < 1.29 is 44.4 Å². The van der Waals surface area contributed by atoms with Crippen molar-refractivity contribution in [2.24, 2.45) is 0 Å². The predicted molar refractivity (Wildman–Crippen MR) is 154 cm³/mol. The van der Waals surface area contributed by atoms with Crippen molar-refractivity contribution in [3.8, 4) is 0 Å². The summed E-state index contributed by atoms with van der Waals surface area (Å²) in [5.74, 6) is -5.00. The minimum absolute atomic E-state index is 0.00958. The molecule has 0 heterocycles. The van der Waals surface area contributed by atoms with Gasteiger partial charge in [0.05, 0.1) is 32.7 Å². The van der Waals surface area contributed by atoms with E-state index in [0.29, 0.717) is 6.54 Å². The van der Waals surface area contributed by atoms with Crippen LogP contribution in [0, 0.1) is 0 Å². The molecule has 0 saturated heterocycles. The summed E-state index contributed by atoms with van der Waals surface area (Å²) in [5, 5.41) is 39.3. The maximum atomic E-state index is 12.4. The van der Waals surface area contributed by atoms with Crippen molar-refractivity contribution in [1.29, 1.82) is 0 Å². The number of nitrogens with one attached hydrogen (secondary N) is 1. The van der Waals surface area contributed by atoms with Crippen molar-refractivity contribution in [3.63, 3.8) is 0 Å². The first-order chi connectivity index (χ1) is 19.5. The van der Waals surface area contributed by atoms with Crippen molar-refractivity contribution in [1.82, 2.24) is 20.0 Å². The molecule has 0 aliphatic carbocycles. The van der Waals surface area contributed by atoms with Gasteiger partial charge in [0.1, 0.15) is 0 Å². The van der Waals surface area contributed by atoms with Crippen LogP contribution in [0.25, 0.3) is 0 Å². The number of unbranched alkanes of at least 4 members (excludes halogenated alkanes) is 11. The van der Waals surface area contributed by atoms with Crippen molar-refractivity contribution in [2.45, 2.75) is 84.0 Å². The zero-order chi connectivity index (χ0) is 30.9. The summed E-state index contributed by atoms with van der Waals surface area (Å²) in [6.45, 7) is 0.958. The number of carboxylic acid groups (broad SMARTS) is 4. The number of carboxylic acids is 4. The highest BCUT2D eigenvalue weighted by atomic mass is 16.4. The molecule has 0 bridgehead atoms. The van der Waals surface area contributed by atoms with E-state index < -0.39 is 50.1 Å². The average Bonchev–Trinajstić information content (AvgIpc) is 2.86. The zero-order valence-corrected chi connectivity index (χ0v) is 24.7. The molecule has 0 fully saturated rings. The van der Waals surface area contributed by atoms with E-state index in [4.69, 9.17) is 10.2 Å². The molecule has 0 aromatic heterocycles. The number of carbonyl (C=O) groups is 5. The molecule has 0 aromatic rings. The number of rotatable bonds is 29. The van der Waals surface area contributed by atoms with E-state index in [2.05, 4.69) is 12.2 Å². The summed E-state index contributed by atoms with van der Waals surface area (Å²) < 4.78 is 0. The van der Waals surface area contributed by atoms with Crippen molar-refractivity contribution in [3.05, 3.63) is 0 Å². The molecule has 0 atom stereocenters. The zero-order valence-electron chi connectivity index (χ0n) is 24.7. The Labute approximate surface area is 243 Å². The quantitative estimate of drug-likeness (QED) is 0.0801. The van der Waals surface area contributed by atoms with E-state index in [0.717, 1.165) is 24.2 Å². The lowest BCUT2D eigenvalue weighted by Crippen LogP contribution is -2.46. The number of carbonyl (C=O) groups excluding carboxylic acids is 1. The lowest BCUT2D eigenvalue weighted by molar-refractivity contribution is -0.143. The van der Waals surface area contributed by atoms with E-state index in [-0.39, 0.29) is 38.6 Å². The Kier molecular flexibility index (Phi) is 23.3. The molecule has 238 valence electrons. The van der Waals surface area contributed by atoms with Gasteiger partial charge in [-0.1, -0.05) is 77.6 Å². The highest BCUT2D eigenvalue weighted by Gasteiger charge is 2.19. The second kappa shape index (κ2) is 25.0. The second-order valence-electron chi connectivity index (χ2n) is 10.5. The summed E-state index contributed by atoms with van der Waals surface area (Å²) in [6.07, 6.45) is 14.6. The molecule has 41 heavy (non-hydrogen) atoms. The van der Waals surface area contributed by atoms with Crippen LogP contribution in [-0.4, -0.2) is 130 Å². The smallest absolute Gasteiger partial charge is 0.317 e. The summed E-state index contributed by atoms with van der Waals surface area (Å²) in [4.78, 5) is 61.1. The van der Waals surface area contributed by atoms with Gasteiger partial charge in [-0.25, -0.2) is 0 Å². The van der Waals surface area contributed by atoms with Crippen LogP contribution in [-0.2, 0) is 24.0 Å². The Hall–Kier alpha value is -2.77. The molecule has 1 amide bonds. The largest absolute Gasteiger partial charge is 0.480 e. The topological polar surface area (TPSA) is 188 Å². The van der Waals surface area contributed by atoms with E-state index in [9.17, 15) is 34.2 Å². The summed E-state index contributed by atoms with van der Waals surface area (Å²) in [6, 6.07) is 0. The SMILES string of the molecule is CCCCCCCCCCCCCCNC(=O)CN(CCN(CCN(CC(=O)O)CC(=O)O)CC(=O)O)CC(=O)O. The van der Waals surface area contributed by atoms with Gasteiger partial charge in [-0.05, 0) is 6.42 Å². The third kappa shape index (κ3) is 25.9. The van der Waals surface area contributed by atoms with Crippen LogP contribution in [0.3, 0.4) is 0 Å². The van der Waals surface area contributed by atoms with E-state index in [1.54, 1.807) is 0 Å². The molecular formula is C28H52N4O9. The van der Waals surface area contributed by atoms with Gasteiger partial charge in [0.25, 0.3) is 0 Å². The van der Waals surface area contributed by atoms with E-state index in [1.807, 2.05) is 0 Å². The monoisotopic (exact) mass is 588 g/mol. The van der Waals surface area contributed by atoms with Gasteiger partial charge >= 0.3 is 23.9 Å². The van der Waals surface area contributed by atoms with E-state index >= 15 is 0 Å². The molecule has 13 heteroatoms. The van der Waals surface area contributed by atoms with Crippen LogP contribution in [0.4, 0.5) is 0 Å². The van der Waals surface area contributed by atoms with Crippen LogP contribution in [0.2, 0.25) is 0 Å². The van der Waals surface area contributed by atoms with Crippen molar-refractivity contribution in [2.75, 3.05) is 65.4 Å². The second-order valence-corrected chi connectivity index (χ2v) is 10.5. The number of hydrogen-bond acceptors (Lipinski definition) is 8. The van der Waals surface area contributed by atoms with Crippen LogP contribution < -0.4 is 5.32 Å².